The number of halogens is 3. The molecule has 4 rings (SSSR count). The van der Waals surface area contributed by atoms with Crippen molar-refractivity contribution in [1.29, 1.82) is 0 Å². The smallest absolute Gasteiger partial charge is 0.511 e. The molecule has 0 spiro atoms. The second-order valence-corrected chi connectivity index (χ2v) is 12.6. The maximum atomic E-state index is 13.5. The number of aromatic nitrogens is 2. The number of nitrogens with zero attached hydrogens (tertiary/aromatic N) is 5. The summed E-state index contributed by atoms with van der Waals surface area (Å²) in [6.07, 6.45) is -6.80. The molecule has 254 valence electrons. The Hall–Kier alpha value is -4.87. The van der Waals surface area contributed by atoms with Crippen LogP contribution in [0.2, 0.25) is 0 Å². The van der Waals surface area contributed by atoms with Crippen molar-refractivity contribution in [2.75, 3.05) is 13.1 Å². The summed E-state index contributed by atoms with van der Waals surface area (Å²) >= 11 is 0. The van der Waals surface area contributed by atoms with Crippen molar-refractivity contribution >= 4 is 22.1 Å². The molecule has 1 aliphatic heterocycles. The van der Waals surface area contributed by atoms with Crippen molar-refractivity contribution in [3.63, 3.8) is 0 Å². The van der Waals surface area contributed by atoms with Crippen molar-refractivity contribution in [3.05, 3.63) is 71.1 Å². The Morgan fingerprint density at radius 1 is 1.09 bits per heavy atom. The largest absolute Gasteiger partial charge is 0.569 e. The maximum Gasteiger partial charge on any atom is 0.511 e. The van der Waals surface area contributed by atoms with Crippen LogP contribution in [0.3, 0.4) is 0 Å². The monoisotopic (exact) mass is 682 g/mol. The molecule has 0 bridgehead atoms. The third-order valence-corrected chi connectivity index (χ3v) is 8.21. The first kappa shape index (κ1) is 35.0. The van der Waals surface area contributed by atoms with E-state index in [0.717, 1.165) is 33.5 Å². The molecule has 1 aliphatic rings. The third-order valence-electron chi connectivity index (χ3n) is 6.85. The van der Waals surface area contributed by atoms with Gasteiger partial charge in [0.2, 0.25) is 11.2 Å². The van der Waals surface area contributed by atoms with E-state index in [1.54, 1.807) is 38.1 Å². The number of piperidine rings is 1. The first-order chi connectivity index (χ1) is 22.0. The minimum absolute atomic E-state index is 0.0741. The molecule has 0 aliphatic carbocycles. The molecule has 1 aromatic heterocycles. The number of aryl methyl sites for hydroxylation is 1. The van der Waals surface area contributed by atoms with Gasteiger partial charge in [0.1, 0.15) is 0 Å². The summed E-state index contributed by atoms with van der Waals surface area (Å²) in [6.45, 7) is 6.37. The quantitative estimate of drug-likeness (QED) is 0.0999. The van der Waals surface area contributed by atoms with Gasteiger partial charge in [0, 0.05) is 12.5 Å². The Kier molecular flexibility index (Phi) is 10.6. The Morgan fingerprint density at radius 2 is 1.74 bits per heavy atom. The fourth-order valence-electron chi connectivity index (χ4n) is 4.55. The van der Waals surface area contributed by atoms with Crippen molar-refractivity contribution < 1.29 is 50.5 Å². The maximum absolute atomic E-state index is 13.5. The van der Waals surface area contributed by atoms with E-state index in [0.29, 0.717) is 12.0 Å². The molecular weight excluding hydrogens is 649 g/mol. The fraction of sp³-hybridized carbons (Fsp3) is 0.414. The Balaban J connectivity index is 1.43. The van der Waals surface area contributed by atoms with E-state index in [9.17, 15) is 36.4 Å². The average Bonchev–Trinajstić information content (AvgIpc) is 3.46. The van der Waals surface area contributed by atoms with Crippen LogP contribution in [-0.4, -0.2) is 65.7 Å². The van der Waals surface area contributed by atoms with Crippen molar-refractivity contribution in [3.8, 4) is 16.9 Å². The van der Waals surface area contributed by atoms with Gasteiger partial charge in [0.05, 0.1) is 46.4 Å². The second kappa shape index (κ2) is 14.3. The predicted octanol–water partition coefficient (Wildman–Crippen LogP) is 5.10. The fourth-order valence-corrected chi connectivity index (χ4v) is 5.59. The van der Waals surface area contributed by atoms with Gasteiger partial charge in [-0.05, 0) is 63.9 Å². The molecule has 2 unspecified atom stereocenters. The third kappa shape index (κ3) is 9.11. The van der Waals surface area contributed by atoms with Gasteiger partial charge in [-0.3, -0.25) is 9.63 Å². The van der Waals surface area contributed by atoms with Crippen LogP contribution < -0.4 is 4.72 Å². The summed E-state index contributed by atoms with van der Waals surface area (Å²) in [6, 6.07) is 12.5. The highest BCUT2D eigenvalue weighted by Gasteiger charge is 2.36. The number of carbonyl (C=O) groups is 2. The first-order valence-corrected chi connectivity index (χ1v) is 15.9. The lowest BCUT2D eigenvalue weighted by Crippen LogP contribution is -2.46. The van der Waals surface area contributed by atoms with Crippen molar-refractivity contribution in [1.82, 2.24) is 19.5 Å². The van der Waals surface area contributed by atoms with Crippen LogP contribution in [0, 0.1) is 18.0 Å². The van der Waals surface area contributed by atoms with Crippen molar-refractivity contribution in [2.24, 2.45) is 11.2 Å². The summed E-state index contributed by atoms with van der Waals surface area (Å²) in [5.41, 5.74) is 0.550. The number of hydrogen-bond acceptors (Lipinski definition) is 10. The lowest BCUT2D eigenvalue weighted by atomic mass is 9.99. The molecular formula is C29H33F3N6O8S. The summed E-state index contributed by atoms with van der Waals surface area (Å²) < 4.78 is 79.4. The SMILES string of the molecule is Cc1ccc(-c2cc(C(F)(F)F)nn2-c2ccc(S(=O)(=O)NC(=O)C3CCCN([N+]([O-])=NOC(C)OC(=O)OC(C)C)C3)cc2)cc1. The molecule has 47 heavy (non-hydrogen) atoms. The van der Waals surface area contributed by atoms with Crippen LogP contribution in [-0.2, 0) is 35.3 Å². The highest BCUT2D eigenvalue weighted by Crippen LogP contribution is 2.33. The molecule has 0 radical (unpaired) electrons. The molecule has 2 atom stereocenters. The molecule has 1 saturated heterocycles. The van der Waals surface area contributed by atoms with Crippen LogP contribution in [0.15, 0.2) is 64.8 Å². The highest BCUT2D eigenvalue weighted by atomic mass is 32.2. The molecule has 0 saturated carbocycles. The van der Waals surface area contributed by atoms with E-state index in [4.69, 9.17) is 14.3 Å². The van der Waals surface area contributed by atoms with Crippen LogP contribution in [0.25, 0.3) is 16.9 Å². The van der Waals surface area contributed by atoms with Gasteiger partial charge in [-0.15, -0.1) is 5.01 Å². The van der Waals surface area contributed by atoms with E-state index < -0.39 is 52.3 Å². The normalized spacial score (nSPS) is 16.5. The first-order valence-electron chi connectivity index (χ1n) is 14.4. The van der Waals surface area contributed by atoms with Gasteiger partial charge in [-0.25, -0.2) is 22.6 Å². The van der Waals surface area contributed by atoms with Crippen LogP contribution in [0.4, 0.5) is 18.0 Å². The zero-order chi connectivity index (χ0) is 34.5. The van der Waals surface area contributed by atoms with Crippen LogP contribution >= 0.6 is 0 Å². The Bertz CT molecular complexity index is 1710. The van der Waals surface area contributed by atoms with Crippen LogP contribution in [0.1, 0.15) is 44.9 Å². The van der Waals surface area contributed by atoms with E-state index in [1.807, 2.05) is 11.6 Å². The highest BCUT2D eigenvalue weighted by molar-refractivity contribution is 7.90. The van der Waals surface area contributed by atoms with Gasteiger partial charge in [0.25, 0.3) is 16.3 Å². The van der Waals surface area contributed by atoms with Gasteiger partial charge in [-0.1, -0.05) is 29.8 Å². The summed E-state index contributed by atoms with van der Waals surface area (Å²) in [7, 11) is -4.40. The topological polar surface area (TPSA) is 167 Å². The van der Waals surface area contributed by atoms with Gasteiger partial charge < -0.3 is 14.7 Å². The molecule has 3 aromatic rings. The molecule has 2 aromatic carbocycles. The van der Waals surface area contributed by atoms with Crippen molar-refractivity contribution in [2.45, 2.75) is 64.0 Å². The summed E-state index contributed by atoms with van der Waals surface area (Å²) in [5.74, 6) is -1.79. The molecule has 14 nitrogen and oxygen atoms in total. The number of rotatable bonds is 10. The predicted molar refractivity (Wildman–Crippen MR) is 158 cm³/mol. The standard InChI is InChI=1S/C29H33F3N6O8S/c1-18(2)44-28(40)45-20(4)46-35-38(41)36-15-5-6-22(17-36)27(39)34-47(42,43)24-13-11-23(12-14-24)37-25(16-26(33-37)29(30,31)32)21-9-7-19(3)8-10-21/h7-14,16,18,20,22H,5-6,15,17H2,1-4H3,(H,34,39). The Morgan fingerprint density at radius 3 is 2.36 bits per heavy atom. The number of benzene rings is 2. The second-order valence-electron chi connectivity index (χ2n) is 10.9. The lowest BCUT2D eigenvalue weighted by Gasteiger charge is -2.28. The van der Waals surface area contributed by atoms with Gasteiger partial charge >= 0.3 is 12.3 Å². The zero-order valence-corrected chi connectivity index (χ0v) is 26.6. The van der Waals surface area contributed by atoms with E-state index in [-0.39, 0.29) is 40.8 Å². The lowest BCUT2D eigenvalue weighted by molar-refractivity contribution is -0.715. The number of nitrogens with one attached hydrogen (secondary N) is 1. The number of hydrogen-bond donors (Lipinski definition) is 1. The average molecular weight is 683 g/mol. The number of amides is 1. The minimum Gasteiger partial charge on any atom is -0.569 e. The number of hydrazine groups is 1. The van der Waals surface area contributed by atoms with Gasteiger partial charge in [0.15, 0.2) is 5.69 Å². The number of alkyl halides is 3. The van der Waals surface area contributed by atoms with Crippen LogP contribution in [0.5, 0.6) is 0 Å². The number of sulfonamides is 1. The van der Waals surface area contributed by atoms with E-state index in [1.165, 1.54) is 19.1 Å². The minimum atomic E-state index is -4.72. The Labute approximate surface area is 268 Å². The molecule has 1 amide bonds. The summed E-state index contributed by atoms with van der Waals surface area (Å²) in [5, 5.41) is 20.6. The number of ether oxygens (including phenoxy) is 2. The molecule has 2 heterocycles. The zero-order valence-electron chi connectivity index (χ0n) is 25.8. The molecule has 18 heteroatoms. The number of carbonyl (C=O) groups excluding carboxylic acids is 2. The molecule has 1 N–H and O–H groups in total. The summed E-state index contributed by atoms with van der Waals surface area (Å²) in [4.78, 5) is 29.1. The van der Waals surface area contributed by atoms with E-state index in [2.05, 4.69) is 10.4 Å². The van der Waals surface area contributed by atoms with Gasteiger partial charge in [-0.2, -0.15) is 18.3 Å². The molecule has 1 fully saturated rings. The van der Waals surface area contributed by atoms with E-state index >= 15 is 0 Å².